The second-order valence-electron chi connectivity index (χ2n) is 4.42. The molecule has 0 atom stereocenters. The van der Waals surface area contributed by atoms with Gasteiger partial charge in [-0.1, -0.05) is 0 Å². The minimum atomic E-state index is -0.339. The van der Waals surface area contributed by atoms with Crippen LogP contribution in [0.2, 0.25) is 0 Å². The molecule has 0 aromatic carbocycles. The Morgan fingerprint density at radius 1 is 1.32 bits per heavy atom. The number of imidazole rings is 1. The van der Waals surface area contributed by atoms with Crippen molar-refractivity contribution in [1.82, 2.24) is 19.9 Å². The van der Waals surface area contributed by atoms with Crippen LogP contribution >= 0.6 is 11.8 Å². The first kappa shape index (κ1) is 12.3. The maximum absolute atomic E-state index is 12.5. The van der Waals surface area contributed by atoms with E-state index >= 15 is 0 Å². The number of carbonyl (C=O) groups excluding carboxylic acids is 1. The molecule has 1 fully saturated rings. The first-order valence-corrected chi connectivity index (χ1v) is 7.35. The second kappa shape index (κ2) is 5.08. The number of hydrogen-bond donors (Lipinski definition) is 2. The number of fused-ring (bicyclic) bond motifs is 1. The lowest BCUT2D eigenvalue weighted by atomic mass is 10.2. The molecule has 100 valence electrons. The number of H-pyrrole nitrogens is 2. The van der Waals surface area contributed by atoms with Crippen LogP contribution in [-0.4, -0.2) is 50.4 Å². The molecule has 7 heteroatoms. The predicted molar refractivity (Wildman–Crippen MR) is 74.6 cm³/mol. The van der Waals surface area contributed by atoms with Crippen molar-refractivity contribution >= 4 is 28.8 Å². The van der Waals surface area contributed by atoms with Gasteiger partial charge in [0.15, 0.2) is 5.65 Å². The lowest BCUT2D eigenvalue weighted by Crippen LogP contribution is -2.33. The van der Waals surface area contributed by atoms with E-state index in [1.807, 2.05) is 16.7 Å². The average Bonchev–Trinajstić information content (AvgIpc) is 2.63. The zero-order valence-corrected chi connectivity index (χ0v) is 11.1. The molecule has 1 aliphatic heterocycles. The Balaban J connectivity index is 1.98. The van der Waals surface area contributed by atoms with Gasteiger partial charge in [0.25, 0.3) is 5.91 Å². The highest BCUT2D eigenvalue weighted by molar-refractivity contribution is 7.99. The Kier molecular flexibility index (Phi) is 3.29. The third-order valence-electron chi connectivity index (χ3n) is 3.16. The van der Waals surface area contributed by atoms with Gasteiger partial charge in [-0.25, -0.2) is 9.78 Å². The van der Waals surface area contributed by atoms with Crippen molar-refractivity contribution in [3.05, 3.63) is 28.3 Å². The van der Waals surface area contributed by atoms with E-state index in [1.165, 1.54) is 0 Å². The number of amides is 1. The molecule has 6 nitrogen and oxygen atoms in total. The van der Waals surface area contributed by atoms with Crippen LogP contribution in [0.5, 0.6) is 0 Å². The molecular formula is C12H14N4O2S. The number of nitrogens with one attached hydrogen (secondary N) is 2. The highest BCUT2D eigenvalue weighted by atomic mass is 32.2. The second-order valence-corrected chi connectivity index (χ2v) is 5.64. The minimum Gasteiger partial charge on any atom is -0.338 e. The van der Waals surface area contributed by atoms with Crippen LogP contribution in [0.3, 0.4) is 0 Å². The molecule has 2 aromatic rings. The first-order valence-electron chi connectivity index (χ1n) is 6.20. The standard InChI is InChI=1S/C12H14N4O2S/c17-11(16-4-1-6-19-7-5-16)8-2-3-13-10-9(8)14-12(18)15-10/h2-3H,1,4-7H2,(H2,13,14,15,18). The summed E-state index contributed by atoms with van der Waals surface area (Å²) in [6.07, 6.45) is 2.56. The quantitative estimate of drug-likeness (QED) is 0.809. The summed E-state index contributed by atoms with van der Waals surface area (Å²) < 4.78 is 0. The number of aromatic nitrogens is 3. The van der Waals surface area contributed by atoms with Gasteiger partial charge in [-0.2, -0.15) is 11.8 Å². The number of thioether (sulfide) groups is 1. The predicted octanol–water partition coefficient (Wildman–Crippen LogP) is 0.830. The lowest BCUT2D eigenvalue weighted by molar-refractivity contribution is 0.0770. The van der Waals surface area contributed by atoms with Crippen molar-refractivity contribution in [2.24, 2.45) is 0 Å². The van der Waals surface area contributed by atoms with E-state index < -0.39 is 0 Å². The van der Waals surface area contributed by atoms with Crippen molar-refractivity contribution in [3.8, 4) is 0 Å². The number of pyridine rings is 1. The Hall–Kier alpha value is -1.76. The molecule has 0 aliphatic carbocycles. The number of rotatable bonds is 1. The van der Waals surface area contributed by atoms with Gasteiger partial charge in [-0.05, 0) is 18.2 Å². The van der Waals surface area contributed by atoms with E-state index in [2.05, 4.69) is 15.0 Å². The molecule has 0 unspecified atom stereocenters. The van der Waals surface area contributed by atoms with Gasteiger partial charge in [0.05, 0.1) is 11.1 Å². The Morgan fingerprint density at radius 3 is 3.11 bits per heavy atom. The van der Waals surface area contributed by atoms with E-state index in [9.17, 15) is 9.59 Å². The van der Waals surface area contributed by atoms with Gasteiger partial charge in [0.2, 0.25) is 0 Å². The molecule has 3 rings (SSSR count). The van der Waals surface area contributed by atoms with Crippen molar-refractivity contribution in [2.45, 2.75) is 6.42 Å². The normalized spacial score (nSPS) is 16.5. The first-order chi connectivity index (χ1) is 9.25. The van der Waals surface area contributed by atoms with Crippen molar-refractivity contribution in [1.29, 1.82) is 0 Å². The number of carbonyl (C=O) groups is 1. The summed E-state index contributed by atoms with van der Waals surface area (Å²) in [6.45, 7) is 1.52. The fourth-order valence-corrected chi connectivity index (χ4v) is 3.12. The molecule has 1 aliphatic rings. The van der Waals surface area contributed by atoms with Crippen LogP contribution in [-0.2, 0) is 0 Å². The molecule has 3 heterocycles. The fraction of sp³-hybridized carbons (Fsp3) is 0.417. The van der Waals surface area contributed by atoms with E-state index in [0.717, 1.165) is 31.0 Å². The maximum atomic E-state index is 12.5. The molecule has 0 spiro atoms. The maximum Gasteiger partial charge on any atom is 0.325 e. The fourth-order valence-electron chi connectivity index (χ4n) is 2.23. The molecule has 19 heavy (non-hydrogen) atoms. The number of nitrogens with zero attached hydrogens (tertiary/aromatic N) is 2. The highest BCUT2D eigenvalue weighted by Gasteiger charge is 2.20. The molecule has 2 N–H and O–H groups in total. The molecule has 0 bridgehead atoms. The van der Waals surface area contributed by atoms with Crippen LogP contribution in [0.15, 0.2) is 17.1 Å². The average molecular weight is 278 g/mol. The van der Waals surface area contributed by atoms with Crippen molar-refractivity contribution in [3.63, 3.8) is 0 Å². The van der Waals surface area contributed by atoms with Crippen LogP contribution in [0.1, 0.15) is 16.8 Å². The number of aromatic amines is 2. The lowest BCUT2D eigenvalue weighted by Gasteiger charge is -2.20. The van der Waals surface area contributed by atoms with Crippen LogP contribution in [0, 0.1) is 0 Å². The molecule has 0 radical (unpaired) electrons. The summed E-state index contributed by atoms with van der Waals surface area (Å²) in [5.41, 5.74) is 1.10. The van der Waals surface area contributed by atoms with Gasteiger partial charge in [0.1, 0.15) is 0 Å². The van der Waals surface area contributed by atoms with Crippen LogP contribution in [0.25, 0.3) is 11.2 Å². The third-order valence-corrected chi connectivity index (χ3v) is 4.21. The van der Waals surface area contributed by atoms with Gasteiger partial charge < -0.3 is 9.88 Å². The van der Waals surface area contributed by atoms with Crippen molar-refractivity contribution < 1.29 is 4.79 Å². The Labute approximate surface area is 113 Å². The topological polar surface area (TPSA) is 81.8 Å². The minimum absolute atomic E-state index is 0.0369. The Morgan fingerprint density at radius 2 is 2.21 bits per heavy atom. The monoisotopic (exact) mass is 278 g/mol. The third kappa shape index (κ3) is 2.37. The smallest absolute Gasteiger partial charge is 0.325 e. The molecule has 1 saturated heterocycles. The van der Waals surface area contributed by atoms with Gasteiger partial charge in [-0.15, -0.1) is 0 Å². The summed E-state index contributed by atoms with van der Waals surface area (Å²) in [5.74, 6) is 2.02. The van der Waals surface area contributed by atoms with E-state index in [0.29, 0.717) is 16.7 Å². The van der Waals surface area contributed by atoms with Gasteiger partial charge >= 0.3 is 5.69 Å². The summed E-state index contributed by atoms with van der Waals surface area (Å²) in [6, 6.07) is 1.66. The molecule has 0 saturated carbocycles. The van der Waals surface area contributed by atoms with Gasteiger partial charge in [-0.3, -0.25) is 9.78 Å². The molecule has 1 amide bonds. The van der Waals surface area contributed by atoms with Gasteiger partial charge in [0, 0.05) is 25.0 Å². The number of hydrogen-bond acceptors (Lipinski definition) is 4. The zero-order chi connectivity index (χ0) is 13.2. The Bertz CT molecular complexity index is 655. The summed E-state index contributed by atoms with van der Waals surface area (Å²) in [5, 5.41) is 0. The SMILES string of the molecule is O=C(c1ccnc2[nH]c(=O)[nH]c12)N1CCCSCC1. The highest BCUT2D eigenvalue weighted by Crippen LogP contribution is 2.16. The summed E-state index contributed by atoms with van der Waals surface area (Å²) >= 11 is 1.87. The van der Waals surface area contributed by atoms with E-state index in [4.69, 9.17) is 0 Å². The van der Waals surface area contributed by atoms with Crippen LogP contribution < -0.4 is 5.69 Å². The van der Waals surface area contributed by atoms with Crippen LogP contribution in [0.4, 0.5) is 0 Å². The largest absolute Gasteiger partial charge is 0.338 e. The molecular weight excluding hydrogens is 264 g/mol. The van der Waals surface area contributed by atoms with Crippen molar-refractivity contribution in [2.75, 3.05) is 24.6 Å². The van der Waals surface area contributed by atoms with E-state index in [-0.39, 0.29) is 11.6 Å². The zero-order valence-electron chi connectivity index (χ0n) is 10.3. The molecule has 2 aromatic heterocycles. The summed E-state index contributed by atoms with van der Waals surface area (Å²) in [4.78, 5) is 34.9. The summed E-state index contributed by atoms with van der Waals surface area (Å²) in [7, 11) is 0. The van der Waals surface area contributed by atoms with E-state index in [1.54, 1.807) is 12.3 Å².